The van der Waals surface area contributed by atoms with Crippen LogP contribution in [0, 0.1) is 0 Å². The Morgan fingerprint density at radius 3 is 1.34 bits per heavy atom. The van der Waals surface area contributed by atoms with Crippen LogP contribution in [0.15, 0.2) is 80.6 Å². The lowest BCUT2D eigenvalue weighted by molar-refractivity contribution is 0.685. The molecule has 2 aromatic carbocycles. The van der Waals surface area contributed by atoms with Crippen LogP contribution in [-0.2, 0) is 0 Å². The Kier molecular flexibility index (Phi) is 11.0. The van der Waals surface area contributed by atoms with E-state index in [1.807, 2.05) is 12.4 Å². The van der Waals surface area contributed by atoms with E-state index < -0.39 is 8.07 Å². The molecule has 3 heterocycles. The molecule has 2 nitrogen and oxygen atoms in total. The summed E-state index contributed by atoms with van der Waals surface area (Å²) in [6, 6.07) is 24.7. The van der Waals surface area contributed by atoms with Crippen molar-refractivity contribution in [3.63, 3.8) is 0 Å². The molecule has 0 N–H and O–H groups in total. The van der Waals surface area contributed by atoms with Crippen LogP contribution in [0.3, 0.4) is 0 Å². The molecule has 7 heteroatoms. The zero-order chi connectivity index (χ0) is 28.7. The zero-order valence-corrected chi connectivity index (χ0v) is 29.8. The highest BCUT2D eigenvalue weighted by Gasteiger charge is 2.51. The summed E-state index contributed by atoms with van der Waals surface area (Å²) in [5.41, 5.74) is 5.35. The van der Waals surface area contributed by atoms with Gasteiger partial charge in [0.1, 0.15) is 18.1 Å². The molecule has 0 atom stereocenters. The molecule has 0 spiro atoms. The largest absolute Gasteiger partial charge is 0.244 e. The minimum Gasteiger partial charge on any atom is -0.244 e. The second-order valence-corrected chi connectivity index (χ2v) is 19.9. The lowest BCUT2D eigenvalue weighted by Gasteiger charge is -2.33. The SMILES string of the molecule is CCCCCC[Si]1(CCCCCC)C(c2ncc(Br)s2)=C(c2ccccc2)C(c2ccccc2)=C1c1ncc(Br)s1. The van der Waals surface area contributed by atoms with Crippen molar-refractivity contribution in [2.75, 3.05) is 0 Å². The fourth-order valence-electron chi connectivity index (χ4n) is 6.34. The standard InChI is InChI=1S/C34H38Br2N2S2Si/c1-3-5-7-15-21-41(22-16-8-6-4-2)31(33-37-23-27(35)39-33)29(25-17-11-9-12-18-25)30(26-19-13-10-14-20-26)32(41)34-38-24-28(36)40-34/h9-14,17-20,23-24H,3-8,15-16,21-22H2,1-2H3. The fraction of sp³-hybridized carbons (Fsp3) is 0.353. The molecule has 0 bridgehead atoms. The quantitative estimate of drug-likeness (QED) is 0.0955. The third-order valence-corrected chi connectivity index (χ3v) is 16.8. The van der Waals surface area contributed by atoms with Crippen molar-refractivity contribution < 1.29 is 0 Å². The number of rotatable bonds is 14. The molecule has 0 fully saturated rings. The Morgan fingerprint density at radius 2 is 1.00 bits per heavy atom. The van der Waals surface area contributed by atoms with E-state index in [1.165, 1.54) is 106 Å². The minimum atomic E-state index is -2.32. The molecule has 0 amide bonds. The first-order chi connectivity index (χ1) is 20.1. The van der Waals surface area contributed by atoms with Crippen molar-refractivity contribution >= 4 is 84.1 Å². The van der Waals surface area contributed by atoms with Crippen LogP contribution in [0.4, 0.5) is 0 Å². The van der Waals surface area contributed by atoms with Gasteiger partial charge >= 0.3 is 0 Å². The summed E-state index contributed by atoms with van der Waals surface area (Å²) in [6.07, 6.45) is 14.2. The number of benzene rings is 2. The molecule has 0 aliphatic carbocycles. The molecule has 0 saturated heterocycles. The molecular formula is C34H38Br2N2S2Si. The molecular weight excluding hydrogens is 688 g/mol. The molecule has 0 saturated carbocycles. The van der Waals surface area contributed by atoms with Gasteiger partial charge in [-0.25, -0.2) is 9.97 Å². The Morgan fingerprint density at radius 1 is 0.585 bits per heavy atom. The highest BCUT2D eigenvalue weighted by atomic mass is 79.9. The summed E-state index contributed by atoms with van der Waals surface area (Å²) in [6.45, 7) is 4.62. The van der Waals surface area contributed by atoms with Crippen LogP contribution in [-0.4, -0.2) is 18.0 Å². The normalized spacial score (nSPS) is 14.8. The molecule has 41 heavy (non-hydrogen) atoms. The number of halogens is 2. The molecule has 5 rings (SSSR count). The van der Waals surface area contributed by atoms with Crippen molar-refractivity contribution in [2.45, 2.75) is 77.3 Å². The maximum Gasteiger partial charge on any atom is 0.127 e. The van der Waals surface area contributed by atoms with E-state index in [1.54, 1.807) is 22.7 Å². The van der Waals surface area contributed by atoms with Gasteiger partial charge in [-0.3, -0.25) is 0 Å². The van der Waals surface area contributed by atoms with Crippen molar-refractivity contribution in [1.82, 2.24) is 9.97 Å². The van der Waals surface area contributed by atoms with Crippen molar-refractivity contribution in [3.8, 4) is 0 Å². The zero-order valence-electron chi connectivity index (χ0n) is 24.0. The maximum absolute atomic E-state index is 5.11. The second kappa shape index (κ2) is 14.7. The number of hydrogen-bond acceptors (Lipinski definition) is 4. The van der Waals surface area contributed by atoms with Crippen LogP contribution >= 0.6 is 54.5 Å². The van der Waals surface area contributed by atoms with Gasteiger partial charge < -0.3 is 0 Å². The minimum absolute atomic E-state index is 1.10. The topological polar surface area (TPSA) is 25.8 Å². The number of allylic oxidation sites excluding steroid dienone is 2. The lowest BCUT2D eigenvalue weighted by Crippen LogP contribution is -2.37. The van der Waals surface area contributed by atoms with Crippen LogP contribution in [0.25, 0.3) is 21.5 Å². The molecule has 4 aromatic rings. The van der Waals surface area contributed by atoms with Crippen LogP contribution < -0.4 is 0 Å². The van der Waals surface area contributed by atoms with Gasteiger partial charge in [-0.1, -0.05) is 126 Å². The first-order valence-electron chi connectivity index (χ1n) is 14.9. The smallest absolute Gasteiger partial charge is 0.127 e. The Hall–Kier alpha value is -1.64. The van der Waals surface area contributed by atoms with E-state index in [0.717, 1.165) is 7.57 Å². The predicted octanol–water partition coefficient (Wildman–Crippen LogP) is 12.3. The fourth-order valence-corrected chi connectivity index (χ4v) is 15.8. The van der Waals surface area contributed by atoms with Gasteiger partial charge in [0.25, 0.3) is 0 Å². The molecule has 1 aliphatic rings. The average molecular weight is 727 g/mol. The van der Waals surface area contributed by atoms with Gasteiger partial charge in [0.15, 0.2) is 0 Å². The summed E-state index contributed by atoms with van der Waals surface area (Å²) in [4.78, 5) is 10.2. The predicted molar refractivity (Wildman–Crippen MR) is 190 cm³/mol. The van der Waals surface area contributed by atoms with E-state index >= 15 is 0 Å². The third-order valence-electron chi connectivity index (χ3n) is 8.13. The summed E-state index contributed by atoms with van der Waals surface area (Å²) in [7, 11) is -2.32. The number of hydrogen-bond donors (Lipinski definition) is 0. The Labute approximate surface area is 271 Å². The van der Waals surface area contributed by atoms with Gasteiger partial charge in [0.05, 0.1) is 20.0 Å². The van der Waals surface area contributed by atoms with Gasteiger partial charge in [-0.15, -0.1) is 22.7 Å². The Bertz CT molecular complexity index is 1380. The number of nitrogens with zero attached hydrogens (tertiary/aromatic N) is 2. The highest BCUT2D eigenvalue weighted by molar-refractivity contribution is 9.11. The van der Waals surface area contributed by atoms with E-state index in [2.05, 4.69) is 106 Å². The summed E-state index contributed by atoms with van der Waals surface area (Å²) in [5, 5.41) is 5.44. The van der Waals surface area contributed by atoms with E-state index in [-0.39, 0.29) is 0 Å². The number of aromatic nitrogens is 2. The number of unbranched alkanes of at least 4 members (excludes halogenated alkanes) is 6. The third kappa shape index (κ3) is 6.80. The maximum atomic E-state index is 5.11. The van der Waals surface area contributed by atoms with Crippen LogP contribution in [0.5, 0.6) is 0 Å². The van der Waals surface area contributed by atoms with Crippen LogP contribution in [0.1, 0.15) is 86.4 Å². The monoisotopic (exact) mass is 724 g/mol. The summed E-state index contributed by atoms with van der Waals surface area (Å²) < 4.78 is 2.19. The lowest BCUT2D eigenvalue weighted by atomic mass is 9.92. The van der Waals surface area contributed by atoms with Crippen molar-refractivity contribution in [2.24, 2.45) is 0 Å². The average Bonchev–Trinajstić information content (AvgIpc) is 3.70. The van der Waals surface area contributed by atoms with Gasteiger partial charge in [0, 0.05) is 0 Å². The van der Waals surface area contributed by atoms with E-state index in [9.17, 15) is 0 Å². The highest BCUT2D eigenvalue weighted by Crippen LogP contribution is 2.60. The second-order valence-electron chi connectivity index (χ2n) is 10.9. The summed E-state index contributed by atoms with van der Waals surface area (Å²) in [5.74, 6) is 0. The Balaban J connectivity index is 1.87. The van der Waals surface area contributed by atoms with Gasteiger partial charge in [-0.05, 0) is 76.6 Å². The van der Waals surface area contributed by atoms with Gasteiger partial charge in [0.2, 0.25) is 0 Å². The van der Waals surface area contributed by atoms with Gasteiger partial charge in [-0.2, -0.15) is 0 Å². The number of thiazole rings is 2. The van der Waals surface area contributed by atoms with Crippen molar-refractivity contribution in [3.05, 3.63) is 102 Å². The first-order valence-corrected chi connectivity index (χ1v) is 20.6. The van der Waals surface area contributed by atoms with Crippen LogP contribution in [0.2, 0.25) is 12.1 Å². The molecule has 2 aromatic heterocycles. The molecule has 0 unspecified atom stereocenters. The molecule has 214 valence electrons. The van der Waals surface area contributed by atoms with Crippen molar-refractivity contribution in [1.29, 1.82) is 0 Å². The van der Waals surface area contributed by atoms with E-state index in [4.69, 9.17) is 9.97 Å². The first kappa shape index (κ1) is 30.8. The molecule has 1 aliphatic heterocycles. The molecule has 0 radical (unpaired) electrons. The van der Waals surface area contributed by atoms with E-state index in [0.29, 0.717) is 0 Å². The summed E-state index contributed by atoms with van der Waals surface area (Å²) >= 11 is 11.2.